The third-order valence-corrected chi connectivity index (χ3v) is 6.65. The van der Waals surface area contributed by atoms with Gasteiger partial charge in [0.15, 0.2) is 0 Å². The Labute approximate surface area is 190 Å². The molecule has 0 bridgehead atoms. The van der Waals surface area contributed by atoms with E-state index in [1.54, 1.807) is 6.92 Å². The van der Waals surface area contributed by atoms with Crippen LogP contribution in [0.5, 0.6) is 0 Å². The van der Waals surface area contributed by atoms with Crippen molar-refractivity contribution in [3.63, 3.8) is 0 Å². The Morgan fingerprint density at radius 2 is 1.81 bits per heavy atom. The van der Waals surface area contributed by atoms with Crippen molar-refractivity contribution >= 4 is 52.5 Å². The average Bonchev–Trinajstić information content (AvgIpc) is 2.75. The Bertz CT molecular complexity index is 976. The molecule has 2 amide bonds. The number of carboxylic acid groups (broad SMARTS) is 1. The first kappa shape index (κ1) is 23.2. The number of aromatic carboxylic acids is 1. The molecular weight excluding hydrogens is 436 g/mol. The molecule has 0 spiro atoms. The van der Waals surface area contributed by atoms with Gasteiger partial charge in [0.2, 0.25) is 11.8 Å². The Balaban J connectivity index is 1.61. The van der Waals surface area contributed by atoms with Gasteiger partial charge in [-0.2, -0.15) is 0 Å². The van der Waals surface area contributed by atoms with Gasteiger partial charge in [-0.05, 0) is 56.2 Å². The van der Waals surface area contributed by atoms with Crippen LogP contribution in [0.3, 0.4) is 0 Å². The van der Waals surface area contributed by atoms with Crippen LogP contribution in [-0.2, 0) is 9.59 Å². The highest BCUT2D eigenvalue weighted by Crippen LogP contribution is 2.30. The van der Waals surface area contributed by atoms with Crippen molar-refractivity contribution in [2.75, 3.05) is 10.6 Å². The molecule has 1 atom stereocenters. The molecule has 164 valence electrons. The van der Waals surface area contributed by atoms with E-state index in [0.29, 0.717) is 5.69 Å². The number of hydrogen-bond acceptors (Lipinski definition) is 4. The van der Waals surface area contributed by atoms with E-state index in [0.717, 1.165) is 30.6 Å². The molecule has 1 aliphatic rings. The normalized spacial score (nSPS) is 15.2. The summed E-state index contributed by atoms with van der Waals surface area (Å²) in [5, 5.41) is 14.6. The van der Waals surface area contributed by atoms with Crippen molar-refractivity contribution in [1.82, 2.24) is 0 Å². The van der Waals surface area contributed by atoms with Crippen molar-refractivity contribution in [3.8, 4) is 0 Å². The van der Waals surface area contributed by atoms with Crippen LogP contribution in [0.25, 0.3) is 0 Å². The summed E-state index contributed by atoms with van der Waals surface area (Å²) in [6, 6.07) is 11.6. The summed E-state index contributed by atoms with van der Waals surface area (Å²) in [7, 11) is 0. The fourth-order valence-electron chi connectivity index (χ4n) is 3.50. The summed E-state index contributed by atoms with van der Waals surface area (Å²) in [5.41, 5.74) is 1.01. The van der Waals surface area contributed by atoms with Gasteiger partial charge in [0.1, 0.15) is 0 Å². The van der Waals surface area contributed by atoms with Crippen molar-refractivity contribution in [2.45, 2.75) is 49.2 Å². The van der Waals surface area contributed by atoms with Gasteiger partial charge in [0.05, 0.1) is 21.5 Å². The van der Waals surface area contributed by atoms with Gasteiger partial charge in [-0.15, -0.1) is 11.8 Å². The number of thioether (sulfide) groups is 1. The minimum absolute atomic E-state index is 0.0430. The molecule has 0 radical (unpaired) electrons. The number of hydrogen-bond donors (Lipinski definition) is 3. The average molecular weight is 461 g/mol. The fraction of sp³-hybridized carbons (Fsp3) is 0.348. The van der Waals surface area contributed by atoms with Crippen molar-refractivity contribution < 1.29 is 19.5 Å². The molecule has 3 rings (SSSR count). The Morgan fingerprint density at radius 1 is 1.06 bits per heavy atom. The third kappa shape index (κ3) is 6.48. The zero-order valence-electron chi connectivity index (χ0n) is 17.2. The lowest BCUT2D eigenvalue weighted by Gasteiger charge is -2.21. The number of nitrogens with one attached hydrogen (secondary N) is 2. The van der Waals surface area contributed by atoms with Gasteiger partial charge >= 0.3 is 5.97 Å². The zero-order valence-corrected chi connectivity index (χ0v) is 18.8. The second-order valence-electron chi connectivity index (χ2n) is 7.60. The van der Waals surface area contributed by atoms with E-state index in [1.807, 2.05) is 24.3 Å². The second kappa shape index (κ2) is 10.7. The van der Waals surface area contributed by atoms with Crippen LogP contribution in [0, 0.1) is 5.92 Å². The van der Waals surface area contributed by atoms with Crippen LogP contribution in [0.1, 0.15) is 49.4 Å². The highest BCUT2D eigenvalue weighted by atomic mass is 35.5. The Morgan fingerprint density at radius 3 is 2.52 bits per heavy atom. The van der Waals surface area contributed by atoms with Crippen molar-refractivity contribution in [1.29, 1.82) is 0 Å². The van der Waals surface area contributed by atoms with Gasteiger partial charge in [-0.3, -0.25) is 9.59 Å². The van der Waals surface area contributed by atoms with Crippen LogP contribution in [0.4, 0.5) is 11.4 Å². The molecule has 1 unspecified atom stereocenters. The van der Waals surface area contributed by atoms with Gasteiger partial charge in [-0.1, -0.05) is 36.9 Å². The highest BCUT2D eigenvalue weighted by Gasteiger charge is 2.21. The van der Waals surface area contributed by atoms with Crippen LogP contribution >= 0.6 is 23.4 Å². The minimum atomic E-state index is -1.10. The quantitative estimate of drug-likeness (QED) is 0.462. The first-order chi connectivity index (χ1) is 14.8. The second-order valence-corrected chi connectivity index (χ2v) is 9.42. The SMILES string of the molecule is CC(Sc1cccc(NC(=O)C2CCCCC2)c1)C(=O)Nc1cc(C(=O)O)ccc1Cl. The van der Waals surface area contributed by atoms with E-state index in [4.69, 9.17) is 16.7 Å². The monoisotopic (exact) mass is 460 g/mol. The molecule has 2 aromatic carbocycles. The van der Waals surface area contributed by atoms with E-state index >= 15 is 0 Å². The summed E-state index contributed by atoms with van der Waals surface area (Å²) in [6.07, 6.45) is 5.26. The number of anilines is 2. The fourth-order valence-corrected chi connectivity index (χ4v) is 4.59. The van der Waals surface area contributed by atoms with Gasteiger partial charge in [0, 0.05) is 16.5 Å². The summed E-state index contributed by atoms with van der Waals surface area (Å²) in [5.74, 6) is -1.27. The van der Waals surface area contributed by atoms with E-state index in [1.165, 1.54) is 36.4 Å². The van der Waals surface area contributed by atoms with Crippen LogP contribution in [-0.4, -0.2) is 28.1 Å². The predicted molar refractivity (Wildman–Crippen MR) is 124 cm³/mol. The Kier molecular flexibility index (Phi) is 7.98. The maximum Gasteiger partial charge on any atom is 0.335 e. The summed E-state index contributed by atoms with van der Waals surface area (Å²) in [4.78, 5) is 37.1. The van der Waals surface area contributed by atoms with E-state index in [2.05, 4.69) is 10.6 Å². The van der Waals surface area contributed by atoms with Crippen molar-refractivity contribution in [3.05, 3.63) is 53.1 Å². The van der Waals surface area contributed by atoms with Gasteiger partial charge in [-0.25, -0.2) is 4.79 Å². The first-order valence-corrected chi connectivity index (χ1v) is 11.5. The summed E-state index contributed by atoms with van der Waals surface area (Å²) in [6.45, 7) is 1.75. The number of carbonyl (C=O) groups excluding carboxylic acids is 2. The molecule has 2 aromatic rings. The maximum absolute atomic E-state index is 12.6. The molecule has 3 N–H and O–H groups in total. The standard InChI is InChI=1S/C23H25ClN2O4S/c1-14(21(27)26-20-12-16(23(29)30)10-11-19(20)24)31-18-9-5-8-17(13-18)25-22(28)15-6-3-2-4-7-15/h5,8-15H,2-4,6-7H2,1H3,(H,25,28)(H,26,27)(H,29,30). The van der Waals surface area contributed by atoms with Crippen LogP contribution < -0.4 is 10.6 Å². The van der Waals surface area contributed by atoms with E-state index < -0.39 is 11.2 Å². The maximum atomic E-state index is 12.6. The summed E-state index contributed by atoms with van der Waals surface area (Å²) >= 11 is 7.43. The molecule has 0 saturated heterocycles. The Hall–Kier alpha value is -2.51. The minimum Gasteiger partial charge on any atom is -0.478 e. The van der Waals surface area contributed by atoms with Crippen molar-refractivity contribution in [2.24, 2.45) is 5.92 Å². The number of carbonyl (C=O) groups is 3. The smallest absolute Gasteiger partial charge is 0.335 e. The highest BCUT2D eigenvalue weighted by molar-refractivity contribution is 8.00. The van der Waals surface area contributed by atoms with Gasteiger partial charge in [0.25, 0.3) is 0 Å². The largest absolute Gasteiger partial charge is 0.478 e. The number of rotatable bonds is 7. The molecule has 6 nitrogen and oxygen atoms in total. The molecule has 1 saturated carbocycles. The number of amides is 2. The van der Waals surface area contributed by atoms with Gasteiger partial charge < -0.3 is 15.7 Å². The van der Waals surface area contributed by atoms with E-state index in [9.17, 15) is 14.4 Å². The lowest BCUT2D eigenvalue weighted by atomic mass is 9.88. The molecule has 31 heavy (non-hydrogen) atoms. The lowest BCUT2D eigenvalue weighted by molar-refractivity contribution is -0.120. The molecule has 1 aliphatic carbocycles. The molecular formula is C23H25ClN2O4S. The predicted octanol–water partition coefficient (Wildman–Crippen LogP) is 5.68. The molecule has 1 fully saturated rings. The number of benzene rings is 2. The summed E-state index contributed by atoms with van der Waals surface area (Å²) < 4.78 is 0. The van der Waals surface area contributed by atoms with Crippen LogP contribution in [0.2, 0.25) is 5.02 Å². The van der Waals surface area contributed by atoms with E-state index in [-0.39, 0.29) is 34.0 Å². The third-order valence-electron chi connectivity index (χ3n) is 5.23. The molecule has 0 aromatic heterocycles. The molecule has 0 aliphatic heterocycles. The number of halogens is 1. The molecule has 8 heteroatoms. The lowest BCUT2D eigenvalue weighted by Crippen LogP contribution is -2.24. The first-order valence-electron chi connectivity index (χ1n) is 10.2. The zero-order chi connectivity index (χ0) is 22.4. The van der Waals surface area contributed by atoms with Crippen LogP contribution in [0.15, 0.2) is 47.4 Å². The molecule has 0 heterocycles. The number of carboxylic acids is 1. The topological polar surface area (TPSA) is 95.5 Å².